The van der Waals surface area contributed by atoms with Crippen LogP contribution in [0.25, 0.3) is 0 Å². The zero-order chi connectivity index (χ0) is 22.9. The lowest BCUT2D eigenvalue weighted by Gasteiger charge is -2.15. The molecule has 3 aromatic carbocycles. The van der Waals surface area contributed by atoms with Crippen LogP contribution in [-0.4, -0.2) is 0 Å². The maximum absolute atomic E-state index is 6.26. The number of hydrogen-bond donors (Lipinski definition) is 0. The Morgan fingerprint density at radius 3 is 0.774 bits per heavy atom. The van der Waals surface area contributed by atoms with Gasteiger partial charge in [0.05, 0.1) is 26.8 Å². The van der Waals surface area contributed by atoms with Gasteiger partial charge in [-0.15, -0.1) is 0 Å². The molecule has 0 amide bonds. The van der Waals surface area contributed by atoms with Gasteiger partial charge >= 0.3 is 8.60 Å². The van der Waals surface area contributed by atoms with Crippen LogP contribution in [0.4, 0.5) is 0 Å². The molecule has 0 radical (unpaired) electrons. The largest absolute Gasteiger partial charge is 0.528 e. The van der Waals surface area contributed by atoms with E-state index in [1.54, 1.807) is 0 Å². The number of hydrogen-bond acceptors (Lipinski definition) is 3. The molecule has 0 spiro atoms. The van der Waals surface area contributed by atoms with Gasteiger partial charge in [-0.05, 0) is 132 Å². The van der Waals surface area contributed by atoms with Crippen molar-refractivity contribution in [1.29, 1.82) is 0 Å². The lowest BCUT2D eigenvalue weighted by Crippen LogP contribution is -2.05. The maximum Gasteiger partial charge on any atom is 0.528 e. The quantitative estimate of drug-likeness (QED) is 0.230. The van der Waals surface area contributed by atoms with Crippen molar-refractivity contribution in [3.63, 3.8) is 0 Å². The van der Waals surface area contributed by atoms with E-state index in [-0.39, 0.29) is 0 Å². The van der Waals surface area contributed by atoms with Crippen molar-refractivity contribution in [3.8, 4) is 17.2 Å². The summed E-state index contributed by atoms with van der Waals surface area (Å²) in [5.74, 6) is 1.68. The first-order chi connectivity index (χ1) is 14.5. The molecule has 0 unspecified atom stereocenters. The molecule has 3 nitrogen and oxygen atoms in total. The van der Waals surface area contributed by atoms with Crippen molar-refractivity contribution in [2.45, 2.75) is 0 Å². The third-order valence-electron chi connectivity index (χ3n) is 3.45. The lowest BCUT2D eigenvalue weighted by molar-refractivity contribution is 0.382. The van der Waals surface area contributed by atoms with Gasteiger partial charge in [0.1, 0.15) is 0 Å². The molecule has 0 saturated heterocycles. The second-order valence-corrected chi connectivity index (χ2v) is 14.6. The van der Waals surface area contributed by atoms with Gasteiger partial charge in [-0.3, -0.25) is 13.6 Å². The van der Waals surface area contributed by atoms with Gasteiger partial charge in [0.25, 0.3) is 0 Å². The van der Waals surface area contributed by atoms with Gasteiger partial charge in [0.2, 0.25) is 17.2 Å². The average molecular weight is 1020 g/mol. The van der Waals surface area contributed by atoms with Crippen LogP contribution in [-0.2, 0) is 0 Å². The molecule has 3 aromatic rings. The van der Waals surface area contributed by atoms with E-state index in [1.807, 2.05) is 36.4 Å². The molecular formula is C18H7Br9O3P+. The number of benzene rings is 3. The van der Waals surface area contributed by atoms with Gasteiger partial charge in [-0.25, -0.2) is 0 Å². The summed E-state index contributed by atoms with van der Waals surface area (Å²) in [6, 6.07) is 11.3. The van der Waals surface area contributed by atoms with Crippen LogP contribution < -0.4 is 13.6 Å². The van der Waals surface area contributed by atoms with E-state index in [4.69, 9.17) is 13.6 Å². The molecule has 0 N–H and O–H groups in total. The van der Waals surface area contributed by atoms with E-state index in [0.717, 1.165) is 40.3 Å². The van der Waals surface area contributed by atoms with Gasteiger partial charge in [-0.1, -0.05) is 47.8 Å². The highest BCUT2D eigenvalue weighted by Gasteiger charge is 2.32. The van der Waals surface area contributed by atoms with Crippen LogP contribution in [0.15, 0.2) is 76.7 Å². The van der Waals surface area contributed by atoms with E-state index in [0.29, 0.717) is 17.2 Å². The van der Waals surface area contributed by atoms with Crippen molar-refractivity contribution < 1.29 is 13.6 Å². The molecular weight excluding hydrogens is 1010 g/mol. The molecule has 164 valence electrons. The maximum atomic E-state index is 6.26. The van der Waals surface area contributed by atoms with Crippen LogP contribution in [0.1, 0.15) is 0 Å². The summed E-state index contributed by atoms with van der Waals surface area (Å²) in [5, 5.41) is 0. The van der Waals surface area contributed by atoms with Gasteiger partial charge in [0.15, 0.2) is 0 Å². The fourth-order valence-corrected chi connectivity index (χ4v) is 11.6. The van der Waals surface area contributed by atoms with Crippen LogP contribution in [0.5, 0.6) is 17.2 Å². The molecule has 3 rings (SSSR count). The van der Waals surface area contributed by atoms with Gasteiger partial charge in [-0.2, -0.15) is 0 Å². The van der Waals surface area contributed by atoms with Crippen LogP contribution in [0.3, 0.4) is 0 Å². The predicted molar refractivity (Wildman–Crippen MR) is 159 cm³/mol. The molecule has 0 aliphatic heterocycles. The standard InChI is InChI=1S/C18H7Br9O3P/c19-7-1-10(22)16(11(23)2-7)28-31(29-17-12(24)3-8(20)4-13(17)25)30-18-14(26)5-9(21)6-15(18)27/h1-6,31H/q+1. The Morgan fingerprint density at radius 1 is 0.387 bits per heavy atom. The van der Waals surface area contributed by atoms with Crippen molar-refractivity contribution in [2.75, 3.05) is 0 Å². The zero-order valence-corrected chi connectivity index (χ0v) is 29.9. The lowest BCUT2D eigenvalue weighted by atomic mass is 10.3. The number of rotatable bonds is 6. The summed E-state index contributed by atoms with van der Waals surface area (Å²) in [6.45, 7) is 0. The van der Waals surface area contributed by atoms with Gasteiger partial charge in [0, 0.05) is 13.4 Å². The van der Waals surface area contributed by atoms with E-state index in [9.17, 15) is 0 Å². The Bertz CT molecular complexity index is 932. The summed E-state index contributed by atoms with van der Waals surface area (Å²) in [4.78, 5) is 0. The van der Waals surface area contributed by atoms with E-state index in [2.05, 4.69) is 143 Å². The van der Waals surface area contributed by atoms with Crippen molar-refractivity contribution in [3.05, 3.63) is 76.7 Å². The van der Waals surface area contributed by atoms with E-state index < -0.39 is 8.60 Å². The predicted octanol–water partition coefficient (Wildman–Crippen LogP) is 12.0. The van der Waals surface area contributed by atoms with Gasteiger partial charge < -0.3 is 0 Å². The first-order valence-corrected chi connectivity index (χ1v) is 16.3. The van der Waals surface area contributed by atoms with Crippen molar-refractivity contribution in [1.82, 2.24) is 0 Å². The molecule has 0 saturated carbocycles. The normalized spacial score (nSPS) is 11.0. The highest BCUT2D eigenvalue weighted by molar-refractivity contribution is 9.12. The molecule has 0 aromatic heterocycles. The minimum atomic E-state index is -2.40. The number of halogens is 9. The monoisotopic (exact) mass is 1010 g/mol. The Kier molecular flexibility index (Phi) is 10.8. The SMILES string of the molecule is Brc1cc(Br)c(O[PH+](Oc2c(Br)cc(Br)cc2Br)Oc2c(Br)cc(Br)cc2Br)c(Br)c1. The second kappa shape index (κ2) is 12.2. The van der Waals surface area contributed by atoms with Crippen LogP contribution in [0, 0.1) is 0 Å². The Balaban J connectivity index is 2.02. The molecule has 31 heavy (non-hydrogen) atoms. The Morgan fingerprint density at radius 2 is 0.581 bits per heavy atom. The first-order valence-electron chi connectivity index (χ1n) is 7.89. The van der Waals surface area contributed by atoms with Crippen molar-refractivity contribution >= 4 is 152 Å². The van der Waals surface area contributed by atoms with Crippen molar-refractivity contribution in [2.24, 2.45) is 0 Å². The second-order valence-electron chi connectivity index (χ2n) is 5.65. The summed E-state index contributed by atoms with van der Waals surface area (Å²) in [7, 11) is -2.40. The smallest absolute Gasteiger partial charge is 0.271 e. The molecule has 0 heterocycles. The fraction of sp³-hybridized carbons (Fsp3) is 0. The van der Waals surface area contributed by atoms with Crippen LogP contribution in [0.2, 0.25) is 0 Å². The average Bonchev–Trinajstić information content (AvgIpc) is 2.63. The van der Waals surface area contributed by atoms with E-state index in [1.165, 1.54) is 0 Å². The Hall–Kier alpha value is 1.81. The third kappa shape index (κ3) is 7.40. The zero-order valence-electron chi connectivity index (χ0n) is 14.6. The molecule has 0 aliphatic rings. The molecule has 0 bridgehead atoms. The minimum Gasteiger partial charge on any atom is -0.271 e. The Labute approximate surface area is 255 Å². The molecule has 0 aliphatic carbocycles. The highest BCUT2D eigenvalue weighted by Crippen LogP contribution is 2.52. The summed E-state index contributed by atoms with van der Waals surface area (Å²) < 4.78 is 25.9. The first kappa shape index (κ1) is 27.4. The van der Waals surface area contributed by atoms with Crippen LogP contribution >= 0.6 is 152 Å². The summed E-state index contributed by atoms with van der Waals surface area (Å²) in [6.07, 6.45) is 0. The minimum absolute atomic E-state index is 0.561. The molecule has 13 heteroatoms. The summed E-state index contributed by atoms with van der Waals surface area (Å²) >= 11 is 31.7. The molecule has 0 atom stereocenters. The molecule has 0 fully saturated rings. The summed E-state index contributed by atoms with van der Waals surface area (Å²) in [5.41, 5.74) is 0. The fourth-order valence-electron chi connectivity index (χ4n) is 2.19. The third-order valence-corrected chi connectivity index (χ3v) is 9.47. The van der Waals surface area contributed by atoms with E-state index >= 15 is 0 Å². The highest BCUT2D eigenvalue weighted by atomic mass is 79.9. The topological polar surface area (TPSA) is 27.7 Å².